The Balaban J connectivity index is 2.25. The van der Waals surface area contributed by atoms with Crippen molar-refractivity contribution in [3.8, 4) is 0 Å². The second-order valence-electron chi connectivity index (χ2n) is 4.57. The summed E-state index contributed by atoms with van der Waals surface area (Å²) in [5.41, 5.74) is -0.0995. The molecule has 0 aliphatic heterocycles. The van der Waals surface area contributed by atoms with Gasteiger partial charge in [0.1, 0.15) is 11.9 Å². The van der Waals surface area contributed by atoms with Crippen molar-refractivity contribution in [3.05, 3.63) is 24.3 Å². The summed E-state index contributed by atoms with van der Waals surface area (Å²) in [6, 6.07) is 0. The quantitative estimate of drug-likeness (QED) is 0.595. The third-order valence-corrected chi connectivity index (χ3v) is 3.54. The van der Waals surface area contributed by atoms with E-state index in [-0.39, 0.29) is 5.78 Å². The largest absolute Gasteiger partial charge is 0.370 e. The van der Waals surface area contributed by atoms with E-state index < -0.39 is 5.60 Å². The molecule has 1 aliphatic carbocycles. The van der Waals surface area contributed by atoms with Gasteiger partial charge in [-0.2, -0.15) is 0 Å². The number of hydrogen-bond acceptors (Lipinski definition) is 4. The van der Waals surface area contributed by atoms with E-state index in [1.165, 1.54) is 19.2 Å². The molecule has 1 aromatic heterocycles. The second kappa shape index (κ2) is 5.36. The molecule has 0 amide bonds. The van der Waals surface area contributed by atoms with Gasteiger partial charge in [0.25, 0.3) is 0 Å². The lowest BCUT2D eigenvalue weighted by atomic mass is 9.86. The van der Waals surface area contributed by atoms with Crippen LogP contribution >= 0.6 is 0 Å². The van der Waals surface area contributed by atoms with Gasteiger partial charge >= 0.3 is 0 Å². The molecule has 0 saturated heterocycles. The van der Waals surface area contributed by atoms with E-state index in [0.717, 1.165) is 25.7 Å². The maximum absolute atomic E-state index is 12.5. The van der Waals surface area contributed by atoms with Crippen molar-refractivity contribution in [3.63, 3.8) is 0 Å². The van der Waals surface area contributed by atoms with Crippen LogP contribution < -0.4 is 0 Å². The highest BCUT2D eigenvalue weighted by Crippen LogP contribution is 2.32. The number of carbonyl (C=O) groups is 1. The Bertz CT molecular complexity index is 370. The number of rotatable bonds is 3. The fourth-order valence-corrected chi connectivity index (χ4v) is 2.50. The molecular weight excluding hydrogens is 216 g/mol. The predicted octanol–water partition coefficient (Wildman–Crippen LogP) is 2.40. The fraction of sp³-hybridized carbons (Fsp3) is 0.615. The van der Waals surface area contributed by atoms with Crippen molar-refractivity contribution in [1.82, 2.24) is 9.97 Å². The molecule has 0 N–H and O–H groups in total. The average molecular weight is 234 g/mol. The Hall–Kier alpha value is -1.29. The first kappa shape index (κ1) is 12.2. The zero-order valence-electron chi connectivity index (χ0n) is 10.2. The van der Waals surface area contributed by atoms with Crippen LogP contribution in [0, 0.1) is 0 Å². The van der Waals surface area contributed by atoms with E-state index in [4.69, 9.17) is 4.74 Å². The van der Waals surface area contributed by atoms with Crippen molar-refractivity contribution in [1.29, 1.82) is 0 Å². The van der Waals surface area contributed by atoms with Crippen LogP contribution in [0.5, 0.6) is 0 Å². The first-order chi connectivity index (χ1) is 8.28. The minimum atomic E-state index is -0.652. The summed E-state index contributed by atoms with van der Waals surface area (Å²) in [7, 11) is 1.63. The van der Waals surface area contributed by atoms with Gasteiger partial charge in [0.05, 0.1) is 5.56 Å². The molecule has 2 rings (SSSR count). The zero-order chi connectivity index (χ0) is 12.1. The summed E-state index contributed by atoms with van der Waals surface area (Å²) in [6.07, 6.45) is 10.6. The highest BCUT2D eigenvalue weighted by Gasteiger charge is 2.39. The van der Waals surface area contributed by atoms with Gasteiger partial charge in [-0.1, -0.05) is 25.7 Å². The van der Waals surface area contributed by atoms with Crippen LogP contribution in [0.1, 0.15) is 48.9 Å². The first-order valence-electron chi connectivity index (χ1n) is 6.13. The maximum Gasteiger partial charge on any atom is 0.197 e. The van der Waals surface area contributed by atoms with Crippen LogP contribution in [-0.2, 0) is 4.74 Å². The zero-order valence-corrected chi connectivity index (χ0v) is 10.2. The molecule has 17 heavy (non-hydrogen) atoms. The Labute approximate surface area is 101 Å². The number of Topliss-reactive ketones (excluding diaryl/α,β-unsaturated/α-hetero) is 1. The molecule has 0 unspecified atom stereocenters. The summed E-state index contributed by atoms with van der Waals surface area (Å²) in [6.45, 7) is 0. The Kier molecular flexibility index (Phi) is 3.84. The van der Waals surface area contributed by atoms with Gasteiger partial charge in [0, 0.05) is 19.5 Å². The minimum Gasteiger partial charge on any atom is -0.370 e. The average Bonchev–Trinajstić information content (AvgIpc) is 2.65. The Morgan fingerprint density at radius 3 is 2.29 bits per heavy atom. The molecule has 0 radical (unpaired) electrons. The number of ketones is 1. The summed E-state index contributed by atoms with van der Waals surface area (Å²) < 4.78 is 5.57. The number of carbonyl (C=O) groups excluding carboxylic acids is 1. The number of methoxy groups -OCH3 is 1. The summed E-state index contributed by atoms with van der Waals surface area (Å²) >= 11 is 0. The lowest BCUT2D eigenvalue weighted by Gasteiger charge is -2.29. The van der Waals surface area contributed by atoms with E-state index in [2.05, 4.69) is 9.97 Å². The molecule has 0 spiro atoms. The van der Waals surface area contributed by atoms with Gasteiger partial charge in [-0.15, -0.1) is 0 Å². The van der Waals surface area contributed by atoms with Gasteiger partial charge in [-0.25, -0.2) is 9.97 Å². The molecule has 1 saturated carbocycles. The van der Waals surface area contributed by atoms with Gasteiger partial charge < -0.3 is 4.74 Å². The van der Waals surface area contributed by atoms with Crippen molar-refractivity contribution < 1.29 is 9.53 Å². The van der Waals surface area contributed by atoms with Crippen LogP contribution in [-0.4, -0.2) is 28.5 Å². The number of hydrogen-bond donors (Lipinski definition) is 0. The second-order valence-corrected chi connectivity index (χ2v) is 4.57. The summed E-state index contributed by atoms with van der Waals surface area (Å²) in [4.78, 5) is 20.3. The minimum absolute atomic E-state index is 0.0301. The Morgan fingerprint density at radius 1 is 1.18 bits per heavy atom. The van der Waals surface area contributed by atoms with Crippen LogP contribution in [0.4, 0.5) is 0 Å². The molecule has 4 nitrogen and oxygen atoms in total. The van der Waals surface area contributed by atoms with Crippen LogP contribution in [0.2, 0.25) is 0 Å². The van der Waals surface area contributed by atoms with E-state index >= 15 is 0 Å². The third kappa shape index (κ3) is 2.52. The molecular formula is C13H18N2O2. The molecule has 92 valence electrons. The van der Waals surface area contributed by atoms with E-state index in [0.29, 0.717) is 5.56 Å². The van der Waals surface area contributed by atoms with Crippen molar-refractivity contribution >= 4 is 5.78 Å². The summed E-state index contributed by atoms with van der Waals surface area (Å²) in [5.74, 6) is 0.0301. The highest BCUT2D eigenvalue weighted by molar-refractivity contribution is 6.02. The van der Waals surface area contributed by atoms with Gasteiger partial charge in [0.2, 0.25) is 0 Å². The number of nitrogens with zero attached hydrogens (tertiary/aromatic N) is 2. The van der Waals surface area contributed by atoms with Crippen LogP contribution in [0.3, 0.4) is 0 Å². The number of aromatic nitrogens is 2. The van der Waals surface area contributed by atoms with E-state index in [1.54, 1.807) is 19.5 Å². The SMILES string of the molecule is COC1(C(=O)c2cncnc2)CCCCCC1. The lowest BCUT2D eigenvalue weighted by molar-refractivity contribution is -0.00698. The van der Waals surface area contributed by atoms with E-state index in [1.807, 2.05) is 0 Å². The molecule has 1 fully saturated rings. The van der Waals surface area contributed by atoms with Crippen molar-refractivity contribution in [2.75, 3.05) is 7.11 Å². The standard InChI is InChI=1S/C13H18N2O2/c1-17-13(6-4-2-3-5-7-13)12(16)11-8-14-10-15-9-11/h8-10H,2-7H2,1H3. The molecule has 1 heterocycles. The topological polar surface area (TPSA) is 52.1 Å². The molecule has 0 atom stereocenters. The normalized spacial score (nSPS) is 19.6. The molecule has 4 heteroatoms. The Morgan fingerprint density at radius 2 is 1.76 bits per heavy atom. The molecule has 1 aliphatic rings. The van der Waals surface area contributed by atoms with Crippen molar-refractivity contribution in [2.45, 2.75) is 44.1 Å². The van der Waals surface area contributed by atoms with E-state index in [9.17, 15) is 4.79 Å². The van der Waals surface area contributed by atoms with Crippen LogP contribution in [0.15, 0.2) is 18.7 Å². The van der Waals surface area contributed by atoms with Crippen LogP contribution in [0.25, 0.3) is 0 Å². The predicted molar refractivity (Wildman–Crippen MR) is 63.8 cm³/mol. The third-order valence-electron chi connectivity index (χ3n) is 3.54. The fourth-order valence-electron chi connectivity index (χ4n) is 2.50. The monoisotopic (exact) mass is 234 g/mol. The van der Waals surface area contributed by atoms with Crippen molar-refractivity contribution in [2.24, 2.45) is 0 Å². The molecule has 0 aromatic carbocycles. The molecule has 1 aromatic rings. The highest BCUT2D eigenvalue weighted by atomic mass is 16.5. The molecule has 0 bridgehead atoms. The maximum atomic E-state index is 12.5. The lowest BCUT2D eigenvalue weighted by Crippen LogP contribution is -2.40. The first-order valence-corrected chi connectivity index (χ1v) is 6.13. The smallest absolute Gasteiger partial charge is 0.197 e. The summed E-state index contributed by atoms with van der Waals surface area (Å²) in [5, 5.41) is 0. The van der Waals surface area contributed by atoms with Gasteiger partial charge in [-0.3, -0.25) is 4.79 Å². The van der Waals surface area contributed by atoms with Gasteiger partial charge in [0.15, 0.2) is 5.78 Å². The number of ether oxygens (including phenoxy) is 1. The van der Waals surface area contributed by atoms with Gasteiger partial charge in [-0.05, 0) is 12.8 Å².